The molecule has 3 heteroatoms. The molecular formula is C18H21BrFN. The molecular weight excluding hydrogens is 329 g/mol. The van der Waals surface area contributed by atoms with Gasteiger partial charge in [0, 0.05) is 6.04 Å². The number of halogens is 2. The van der Waals surface area contributed by atoms with Gasteiger partial charge in [-0.1, -0.05) is 42.8 Å². The molecule has 0 aliphatic carbocycles. The van der Waals surface area contributed by atoms with Crippen LogP contribution in [-0.2, 0) is 12.8 Å². The monoisotopic (exact) mass is 349 g/mol. The van der Waals surface area contributed by atoms with Gasteiger partial charge in [-0.2, -0.15) is 0 Å². The molecule has 21 heavy (non-hydrogen) atoms. The minimum atomic E-state index is -0.211. The molecule has 1 unspecified atom stereocenters. The second-order valence-electron chi connectivity index (χ2n) is 5.40. The molecule has 0 saturated heterocycles. The normalized spacial score (nSPS) is 12.4. The molecule has 0 aliphatic rings. The van der Waals surface area contributed by atoms with Crippen molar-refractivity contribution < 1.29 is 4.39 Å². The summed E-state index contributed by atoms with van der Waals surface area (Å²) < 4.78 is 13.8. The van der Waals surface area contributed by atoms with E-state index in [1.165, 1.54) is 17.2 Å². The summed E-state index contributed by atoms with van der Waals surface area (Å²) in [6.45, 7) is 5.14. The fourth-order valence-electron chi connectivity index (χ4n) is 2.46. The lowest BCUT2D eigenvalue weighted by Crippen LogP contribution is -2.33. The van der Waals surface area contributed by atoms with Crippen LogP contribution in [0.2, 0.25) is 0 Å². The van der Waals surface area contributed by atoms with E-state index in [1.54, 1.807) is 0 Å². The lowest BCUT2D eigenvalue weighted by Gasteiger charge is -2.18. The summed E-state index contributed by atoms with van der Waals surface area (Å²) in [7, 11) is 0. The zero-order valence-corrected chi connectivity index (χ0v) is 14.1. The standard InChI is InChI=1S/C18H21BrFN/c1-3-21-16(10-14-6-4-13(2)5-7-14)11-15-8-9-18(20)17(19)12-15/h4-9,12,16,21H,3,10-11H2,1-2H3. The minimum absolute atomic E-state index is 0.211. The molecule has 0 radical (unpaired) electrons. The molecule has 0 spiro atoms. The quantitative estimate of drug-likeness (QED) is 0.799. The van der Waals surface area contributed by atoms with Gasteiger partial charge in [0.1, 0.15) is 5.82 Å². The highest BCUT2D eigenvalue weighted by Gasteiger charge is 2.11. The van der Waals surface area contributed by atoms with Crippen LogP contribution in [0.4, 0.5) is 4.39 Å². The van der Waals surface area contributed by atoms with Crippen LogP contribution in [0.25, 0.3) is 0 Å². The molecule has 112 valence electrons. The first-order chi connectivity index (χ1) is 10.1. The van der Waals surface area contributed by atoms with Gasteiger partial charge in [-0.25, -0.2) is 4.39 Å². The molecule has 1 atom stereocenters. The molecule has 2 rings (SSSR count). The summed E-state index contributed by atoms with van der Waals surface area (Å²) in [6, 6.07) is 14.3. The number of aryl methyl sites for hydroxylation is 1. The maximum atomic E-state index is 13.3. The van der Waals surface area contributed by atoms with Crippen molar-refractivity contribution in [3.63, 3.8) is 0 Å². The van der Waals surface area contributed by atoms with E-state index in [9.17, 15) is 4.39 Å². The highest BCUT2D eigenvalue weighted by molar-refractivity contribution is 9.10. The highest BCUT2D eigenvalue weighted by Crippen LogP contribution is 2.18. The Morgan fingerprint density at radius 2 is 1.67 bits per heavy atom. The van der Waals surface area contributed by atoms with Gasteiger partial charge in [0.2, 0.25) is 0 Å². The number of nitrogens with one attached hydrogen (secondary N) is 1. The smallest absolute Gasteiger partial charge is 0.137 e. The summed E-state index contributed by atoms with van der Waals surface area (Å²) in [5.74, 6) is -0.211. The lowest BCUT2D eigenvalue weighted by atomic mass is 9.98. The Morgan fingerprint density at radius 1 is 1.05 bits per heavy atom. The van der Waals surface area contributed by atoms with E-state index >= 15 is 0 Å². The van der Waals surface area contributed by atoms with Crippen LogP contribution in [0, 0.1) is 12.7 Å². The fourth-order valence-corrected chi connectivity index (χ4v) is 2.89. The molecule has 0 aromatic heterocycles. The van der Waals surface area contributed by atoms with Gasteiger partial charge in [-0.05, 0) is 65.5 Å². The average molecular weight is 350 g/mol. The molecule has 0 saturated carbocycles. The van der Waals surface area contributed by atoms with Crippen LogP contribution in [0.1, 0.15) is 23.6 Å². The first kappa shape index (κ1) is 16.2. The molecule has 0 amide bonds. The van der Waals surface area contributed by atoms with Crippen molar-refractivity contribution >= 4 is 15.9 Å². The Morgan fingerprint density at radius 3 is 2.29 bits per heavy atom. The zero-order valence-electron chi connectivity index (χ0n) is 12.5. The SMILES string of the molecule is CCNC(Cc1ccc(C)cc1)Cc1ccc(F)c(Br)c1. The second kappa shape index (κ2) is 7.71. The van der Waals surface area contributed by atoms with Gasteiger partial charge >= 0.3 is 0 Å². The number of hydrogen-bond donors (Lipinski definition) is 1. The molecule has 0 fully saturated rings. The van der Waals surface area contributed by atoms with Crippen molar-refractivity contribution in [2.45, 2.75) is 32.7 Å². The topological polar surface area (TPSA) is 12.0 Å². The van der Waals surface area contributed by atoms with Gasteiger partial charge in [0.05, 0.1) is 4.47 Å². The van der Waals surface area contributed by atoms with E-state index in [4.69, 9.17) is 0 Å². The van der Waals surface area contributed by atoms with Gasteiger partial charge in [0.15, 0.2) is 0 Å². The summed E-state index contributed by atoms with van der Waals surface area (Å²) in [5.41, 5.74) is 3.75. The van der Waals surface area contributed by atoms with Crippen molar-refractivity contribution in [3.8, 4) is 0 Å². The minimum Gasteiger partial charge on any atom is -0.314 e. The van der Waals surface area contributed by atoms with Gasteiger partial charge < -0.3 is 5.32 Å². The Kier molecular flexibility index (Phi) is 5.95. The summed E-state index contributed by atoms with van der Waals surface area (Å²) in [5, 5.41) is 3.52. The van der Waals surface area contributed by atoms with Gasteiger partial charge in [-0.3, -0.25) is 0 Å². The van der Waals surface area contributed by atoms with E-state index in [0.717, 1.165) is 24.9 Å². The van der Waals surface area contributed by atoms with Gasteiger partial charge in [-0.15, -0.1) is 0 Å². The summed E-state index contributed by atoms with van der Waals surface area (Å²) in [6.07, 6.45) is 1.86. The third-order valence-electron chi connectivity index (χ3n) is 3.56. The van der Waals surface area contributed by atoms with Crippen molar-refractivity contribution in [1.29, 1.82) is 0 Å². The number of likely N-dealkylation sites (N-methyl/N-ethyl adjacent to an activating group) is 1. The highest BCUT2D eigenvalue weighted by atomic mass is 79.9. The molecule has 1 nitrogen and oxygen atoms in total. The van der Waals surface area contributed by atoms with Crippen LogP contribution in [-0.4, -0.2) is 12.6 Å². The molecule has 1 N–H and O–H groups in total. The number of hydrogen-bond acceptors (Lipinski definition) is 1. The number of rotatable bonds is 6. The Bertz CT molecular complexity index is 580. The lowest BCUT2D eigenvalue weighted by molar-refractivity contribution is 0.520. The first-order valence-electron chi connectivity index (χ1n) is 7.31. The van der Waals surface area contributed by atoms with Crippen molar-refractivity contribution in [2.24, 2.45) is 0 Å². The Hall–Kier alpha value is -1.19. The van der Waals surface area contributed by atoms with E-state index in [1.807, 2.05) is 12.1 Å². The van der Waals surface area contributed by atoms with Crippen molar-refractivity contribution in [3.05, 3.63) is 69.4 Å². The first-order valence-corrected chi connectivity index (χ1v) is 8.10. The largest absolute Gasteiger partial charge is 0.314 e. The predicted molar refractivity (Wildman–Crippen MR) is 90.2 cm³/mol. The van der Waals surface area contributed by atoms with Crippen molar-refractivity contribution in [2.75, 3.05) is 6.54 Å². The van der Waals surface area contributed by atoms with E-state index in [0.29, 0.717) is 10.5 Å². The maximum absolute atomic E-state index is 13.3. The molecule has 2 aromatic carbocycles. The fraction of sp³-hybridized carbons (Fsp3) is 0.333. The summed E-state index contributed by atoms with van der Waals surface area (Å²) >= 11 is 3.25. The predicted octanol–water partition coefficient (Wildman–Crippen LogP) is 4.66. The Labute approximate surface area is 134 Å². The van der Waals surface area contributed by atoms with Crippen LogP contribution in [0.3, 0.4) is 0 Å². The second-order valence-corrected chi connectivity index (χ2v) is 6.25. The Balaban J connectivity index is 2.07. The average Bonchev–Trinajstić information content (AvgIpc) is 2.46. The zero-order chi connectivity index (χ0) is 15.2. The summed E-state index contributed by atoms with van der Waals surface area (Å²) in [4.78, 5) is 0. The van der Waals surface area contributed by atoms with E-state index < -0.39 is 0 Å². The van der Waals surface area contributed by atoms with Crippen LogP contribution in [0.15, 0.2) is 46.9 Å². The third-order valence-corrected chi connectivity index (χ3v) is 4.17. The van der Waals surface area contributed by atoms with E-state index in [-0.39, 0.29) is 5.82 Å². The molecule has 0 bridgehead atoms. The van der Waals surface area contributed by atoms with Crippen LogP contribution >= 0.6 is 15.9 Å². The molecule has 0 heterocycles. The van der Waals surface area contributed by atoms with E-state index in [2.05, 4.69) is 59.4 Å². The van der Waals surface area contributed by atoms with Crippen LogP contribution in [0.5, 0.6) is 0 Å². The number of benzene rings is 2. The molecule has 2 aromatic rings. The third kappa shape index (κ3) is 4.94. The maximum Gasteiger partial charge on any atom is 0.137 e. The molecule has 0 aliphatic heterocycles. The van der Waals surface area contributed by atoms with Crippen molar-refractivity contribution in [1.82, 2.24) is 5.32 Å². The van der Waals surface area contributed by atoms with Gasteiger partial charge in [0.25, 0.3) is 0 Å². The van der Waals surface area contributed by atoms with Crippen LogP contribution < -0.4 is 5.32 Å².